The molecule has 2 atom stereocenters. The highest BCUT2D eigenvalue weighted by molar-refractivity contribution is 5.88. The highest BCUT2D eigenvalue weighted by Crippen LogP contribution is 2.16. The second kappa shape index (κ2) is 7.26. The van der Waals surface area contributed by atoms with E-state index in [0.29, 0.717) is 25.6 Å². The lowest BCUT2D eigenvalue weighted by atomic mass is 9.98. The van der Waals surface area contributed by atoms with Crippen LogP contribution in [-0.2, 0) is 11.3 Å². The number of nitrogens with zero attached hydrogens (tertiary/aromatic N) is 1. The summed E-state index contributed by atoms with van der Waals surface area (Å²) in [5.74, 6) is 0.199. The molecule has 1 aromatic rings. The monoisotopic (exact) mass is 305 g/mol. The minimum absolute atomic E-state index is 0.112. The summed E-state index contributed by atoms with van der Waals surface area (Å²) in [4.78, 5) is 24.7. The minimum Gasteiger partial charge on any atom is -0.391 e. The molecule has 3 amide bonds. The lowest BCUT2D eigenvalue weighted by Gasteiger charge is -2.34. The number of aliphatic hydroxyl groups is 1. The van der Waals surface area contributed by atoms with Crippen LogP contribution in [0, 0.1) is 5.92 Å². The van der Waals surface area contributed by atoms with Gasteiger partial charge in [-0.25, -0.2) is 4.79 Å². The fourth-order valence-corrected chi connectivity index (χ4v) is 2.68. The van der Waals surface area contributed by atoms with Gasteiger partial charge in [0.05, 0.1) is 6.10 Å². The lowest BCUT2D eigenvalue weighted by molar-refractivity contribution is -0.114. The van der Waals surface area contributed by atoms with Gasteiger partial charge < -0.3 is 20.6 Å². The van der Waals surface area contributed by atoms with Gasteiger partial charge in [-0.2, -0.15) is 0 Å². The molecule has 0 bridgehead atoms. The first-order valence-electron chi connectivity index (χ1n) is 7.51. The van der Waals surface area contributed by atoms with Crippen molar-refractivity contribution >= 4 is 17.6 Å². The van der Waals surface area contributed by atoms with E-state index in [2.05, 4.69) is 10.6 Å². The van der Waals surface area contributed by atoms with E-state index in [4.69, 9.17) is 0 Å². The molecule has 0 radical (unpaired) electrons. The summed E-state index contributed by atoms with van der Waals surface area (Å²) in [5.41, 5.74) is 1.68. The smallest absolute Gasteiger partial charge is 0.317 e. The Bertz CT molecular complexity index is 520. The van der Waals surface area contributed by atoms with E-state index >= 15 is 0 Å². The molecule has 1 saturated heterocycles. The van der Waals surface area contributed by atoms with E-state index in [1.807, 2.05) is 19.1 Å². The number of urea groups is 1. The van der Waals surface area contributed by atoms with Gasteiger partial charge in [0, 0.05) is 32.2 Å². The molecule has 0 aliphatic carbocycles. The summed E-state index contributed by atoms with van der Waals surface area (Å²) < 4.78 is 0. The molecule has 0 saturated carbocycles. The maximum atomic E-state index is 12.1. The quantitative estimate of drug-likeness (QED) is 0.792. The summed E-state index contributed by atoms with van der Waals surface area (Å²) in [5, 5.41) is 15.3. The van der Waals surface area contributed by atoms with Crippen LogP contribution in [0.4, 0.5) is 10.5 Å². The second-order valence-electron chi connectivity index (χ2n) is 5.94. The van der Waals surface area contributed by atoms with Gasteiger partial charge in [0.25, 0.3) is 0 Å². The van der Waals surface area contributed by atoms with Crippen molar-refractivity contribution in [3.05, 3.63) is 29.8 Å². The zero-order valence-electron chi connectivity index (χ0n) is 13.0. The Kier molecular flexibility index (Phi) is 5.38. The minimum atomic E-state index is -0.438. The fraction of sp³-hybridized carbons (Fsp3) is 0.500. The van der Waals surface area contributed by atoms with Gasteiger partial charge in [-0.1, -0.05) is 19.1 Å². The van der Waals surface area contributed by atoms with Crippen molar-refractivity contribution in [2.75, 3.05) is 18.4 Å². The van der Waals surface area contributed by atoms with E-state index < -0.39 is 6.10 Å². The Labute approximate surface area is 130 Å². The summed E-state index contributed by atoms with van der Waals surface area (Å²) in [7, 11) is 0. The normalized spacial score (nSPS) is 21.3. The second-order valence-corrected chi connectivity index (χ2v) is 5.94. The molecule has 3 N–H and O–H groups in total. The van der Waals surface area contributed by atoms with Gasteiger partial charge in [0.1, 0.15) is 0 Å². The largest absolute Gasteiger partial charge is 0.391 e. The molecule has 22 heavy (non-hydrogen) atoms. The average Bonchev–Trinajstić information content (AvgIpc) is 2.44. The number of hydrogen-bond acceptors (Lipinski definition) is 3. The van der Waals surface area contributed by atoms with E-state index in [1.54, 1.807) is 17.0 Å². The van der Waals surface area contributed by atoms with Gasteiger partial charge in [0.15, 0.2) is 0 Å². The molecular formula is C16H23N3O3. The van der Waals surface area contributed by atoms with Gasteiger partial charge in [0.2, 0.25) is 5.91 Å². The summed E-state index contributed by atoms with van der Waals surface area (Å²) in [6.45, 7) is 4.97. The molecule has 1 aliphatic rings. The average molecular weight is 305 g/mol. The van der Waals surface area contributed by atoms with Crippen LogP contribution in [0.5, 0.6) is 0 Å². The zero-order valence-corrected chi connectivity index (χ0v) is 13.0. The van der Waals surface area contributed by atoms with Gasteiger partial charge >= 0.3 is 6.03 Å². The number of carbonyl (C=O) groups is 2. The number of hydrogen-bond donors (Lipinski definition) is 3. The molecular weight excluding hydrogens is 282 g/mol. The molecule has 6 nitrogen and oxygen atoms in total. The SMILES string of the molecule is CC(=O)Nc1ccc(CNC(=O)N2C[C@H](C)C[C@H](O)C2)cc1. The van der Waals surface area contributed by atoms with Crippen LogP contribution in [0.25, 0.3) is 0 Å². The van der Waals surface area contributed by atoms with Crippen molar-refractivity contribution < 1.29 is 14.7 Å². The molecule has 0 unspecified atom stereocenters. The number of nitrogens with one attached hydrogen (secondary N) is 2. The van der Waals surface area contributed by atoms with Crippen molar-refractivity contribution in [1.82, 2.24) is 10.2 Å². The highest BCUT2D eigenvalue weighted by Gasteiger charge is 2.26. The van der Waals surface area contributed by atoms with Crippen molar-refractivity contribution in [2.24, 2.45) is 5.92 Å². The highest BCUT2D eigenvalue weighted by atomic mass is 16.3. The van der Waals surface area contributed by atoms with Crippen LogP contribution in [-0.4, -0.2) is 41.1 Å². The number of anilines is 1. The summed E-state index contributed by atoms with van der Waals surface area (Å²) in [6.07, 6.45) is 0.306. The third kappa shape index (κ3) is 4.73. The van der Waals surface area contributed by atoms with Crippen LogP contribution in [0.2, 0.25) is 0 Å². The molecule has 1 aromatic carbocycles. The number of aliphatic hydroxyl groups excluding tert-OH is 1. The first-order valence-corrected chi connectivity index (χ1v) is 7.51. The van der Waals surface area contributed by atoms with Gasteiger partial charge in [-0.15, -0.1) is 0 Å². The lowest BCUT2D eigenvalue weighted by Crippen LogP contribution is -2.49. The molecule has 1 heterocycles. The predicted molar refractivity (Wildman–Crippen MR) is 84.3 cm³/mol. The standard InChI is InChI=1S/C16H23N3O3/c1-11-7-15(21)10-19(9-11)16(22)17-8-13-3-5-14(6-4-13)18-12(2)20/h3-6,11,15,21H,7-10H2,1-2H3,(H,17,22)(H,18,20)/t11-,15+/m1/s1. The first kappa shape index (κ1) is 16.3. The number of amides is 3. The van der Waals surface area contributed by atoms with Crippen LogP contribution >= 0.6 is 0 Å². The number of rotatable bonds is 3. The van der Waals surface area contributed by atoms with Crippen molar-refractivity contribution in [3.63, 3.8) is 0 Å². The summed E-state index contributed by atoms with van der Waals surface area (Å²) >= 11 is 0. The zero-order chi connectivity index (χ0) is 16.1. The number of piperidine rings is 1. The van der Waals surface area contributed by atoms with E-state index in [-0.39, 0.29) is 11.9 Å². The Morgan fingerprint density at radius 3 is 2.55 bits per heavy atom. The van der Waals surface area contributed by atoms with Crippen LogP contribution < -0.4 is 10.6 Å². The Morgan fingerprint density at radius 1 is 1.27 bits per heavy atom. The molecule has 6 heteroatoms. The molecule has 1 fully saturated rings. The van der Waals surface area contributed by atoms with Crippen molar-refractivity contribution in [3.8, 4) is 0 Å². The van der Waals surface area contributed by atoms with E-state index in [0.717, 1.165) is 17.7 Å². The first-order chi connectivity index (χ1) is 10.4. The van der Waals surface area contributed by atoms with Crippen molar-refractivity contribution in [1.29, 1.82) is 0 Å². The number of benzene rings is 1. The molecule has 0 aromatic heterocycles. The number of likely N-dealkylation sites (tertiary alicyclic amines) is 1. The number of β-amino-alcohol motifs (C(OH)–C–C–N with tert-alkyl or cyclic N) is 1. The molecule has 2 rings (SSSR count). The van der Waals surface area contributed by atoms with Crippen LogP contribution in [0.15, 0.2) is 24.3 Å². The Balaban J connectivity index is 1.84. The Morgan fingerprint density at radius 2 is 1.95 bits per heavy atom. The van der Waals surface area contributed by atoms with Crippen LogP contribution in [0.3, 0.4) is 0 Å². The molecule has 120 valence electrons. The van der Waals surface area contributed by atoms with Gasteiger partial charge in [-0.05, 0) is 30.0 Å². The topological polar surface area (TPSA) is 81.7 Å². The molecule has 1 aliphatic heterocycles. The number of carbonyl (C=O) groups excluding carboxylic acids is 2. The maximum Gasteiger partial charge on any atom is 0.317 e. The summed E-state index contributed by atoms with van der Waals surface area (Å²) in [6, 6.07) is 7.17. The predicted octanol–water partition coefficient (Wildman–Crippen LogP) is 1.56. The maximum absolute atomic E-state index is 12.1. The van der Waals surface area contributed by atoms with E-state index in [9.17, 15) is 14.7 Å². The van der Waals surface area contributed by atoms with Crippen LogP contribution in [0.1, 0.15) is 25.8 Å². The van der Waals surface area contributed by atoms with E-state index in [1.165, 1.54) is 6.92 Å². The third-order valence-corrected chi connectivity index (χ3v) is 3.64. The Hall–Kier alpha value is -2.08. The third-order valence-electron chi connectivity index (χ3n) is 3.64. The molecule has 0 spiro atoms. The van der Waals surface area contributed by atoms with Crippen molar-refractivity contribution in [2.45, 2.75) is 32.9 Å². The van der Waals surface area contributed by atoms with Gasteiger partial charge in [-0.3, -0.25) is 4.79 Å². The fourth-order valence-electron chi connectivity index (χ4n) is 2.68.